The van der Waals surface area contributed by atoms with E-state index in [0.717, 1.165) is 45.7 Å². The number of nitrogens with one attached hydrogen (secondary N) is 1. The highest BCUT2D eigenvalue weighted by molar-refractivity contribution is 7.80. The molecule has 40 heavy (non-hydrogen) atoms. The van der Waals surface area contributed by atoms with E-state index in [4.69, 9.17) is 26.7 Å². The summed E-state index contributed by atoms with van der Waals surface area (Å²) in [7, 11) is 1.65. The van der Waals surface area contributed by atoms with Gasteiger partial charge in [0.2, 0.25) is 0 Å². The van der Waals surface area contributed by atoms with Crippen LogP contribution in [0.4, 0.5) is 5.69 Å². The zero-order chi connectivity index (χ0) is 27.6. The fourth-order valence-electron chi connectivity index (χ4n) is 5.37. The first-order chi connectivity index (χ1) is 19.5. The molecule has 4 heterocycles. The van der Waals surface area contributed by atoms with Gasteiger partial charge in [-0.3, -0.25) is 9.97 Å². The Morgan fingerprint density at radius 1 is 0.825 bits per heavy atom. The lowest BCUT2D eigenvalue weighted by Crippen LogP contribution is -2.29. The van der Waals surface area contributed by atoms with Crippen molar-refractivity contribution in [3.63, 3.8) is 0 Å². The molecule has 2 atom stereocenters. The van der Waals surface area contributed by atoms with Crippen LogP contribution in [0.15, 0.2) is 104 Å². The number of ether oxygens (including phenoxy) is 2. The van der Waals surface area contributed by atoms with Crippen molar-refractivity contribution in [2.45, 2.75) is 25.9 Å². The molecule has 0 bridgehead atoms. The van der Waals surface area contributed by atoms with E-state index >= 15 is 0 Å². The second-order valence-electron chi connectivity index (χ2n) is 9.64. The average Bonchev–Trinajstić information content (AvgIpc) is 3.49. The Kier molecular flexibility index (Phi) is 6.92. The standard InChI is InChI=1S/C32H29N5O2S/c1-21-19-28(22(2)36(21)24-7-6-17-33-20-24)31-30(29-8-4-5-18-34-29)35-32(40)37(31)23-9-11-26(12-10-23)39-27-15-13-25(38-3)14-16-27/h4-20,30-31H,1-3H3,(H,35,40)/t30-,31-/m1/s1. The van der Waals surface area contributed by atoms with Crippen LogP contribution < -0.4 is 19.7 Å². The van der Waals surface area contributed by atoms with E-state index in [-0.39, 0.29) is 12.1 Å². The number of pyridine rings is 2. The number of nitrogens with zero attached hydrogens (tertiary/aromatic N) is 4. The highest BCUT2D eigenvalue weighted by Crippen LogP contribution is 2.44. The monoisotopic (exact) mass is 547 g/mol. The Hall–Kier alpha value is -4.69. The van der Waals surface area contributed by atoms with Crippen LogP contribution in [0.25, 0.3) is 5.69 Å². The molecular weight excluding hydrogens is 518 g/mol. The third kappa shape index (κ3) is 4.78. The van der Waals surface area contributed by atoms with Crippen molar-refractivity contribution in [1.82, 2.24) is 19.9 Å². The van der Waals surface area contributed by atoms with E-state index in [1.54, 1.807) is 13.3 Å². The lowest BCUT2D eigenvalue weighted by atomic mass is 9.96. The van der Waals surface area contributed by atoms with Gasteiger partial charge in [0.25, 0.3) is 0 Å². The van der Waals surface area contributed by atoms with Crippen LogP contribution in [0.2, 0.25) is 0 Å². The van der Waals surface area contributed by atoms with Gasteiger partial charge in [-0.1, -0.05) is 6.07 Å². The Balaban J connectivity index is 1.38. The molecule has 0 amide bonds. The topological polar surface area (TPSA) is 64.4 Å². The molecule has 1 aliphatic heterocycles. The fourth-order valence-corrected chi connectivity index (χ4v) is 5.72. The first-order valence-corrected chi connectivity index (χ1v) is 13.5. The highest BCUT2D eigenvalue weighted by Gasteiger charge is 2.42. The van der Waals surface area contributed by atoms with Crippen molar-refractivity contribution < 1.29 is 9.47 Å². The molecule has 0 spiro atoms. The van der Waals surface area contributed by atoms with E-state index < -0.39 is 0 Å². The summed E-state index contributed by atoms with van der Waals surface area (Å²) < 4.78 is 13.6. The molecule has 1 saturated heterocycles. The molecule has 0 unspecified atom stereocenters. The molecule has 1 N–H and O–H groups in total. The molecule has 3 aromatic heterocycles. The first kappa shape index (κ1) is 25.6. The van der Waals surface area contributed by atoms with Gasteiger partial charge in [0.15, 0.2) is 5.11 Å². The molecule has 8 heteroatoms. The lowest BCUT2D eigenvalue weighted by molar-refractivity contribution is 0.413. The summed E-state index contributed by atoms with van der Waals surface area (Å²) in [6.45, 7) is 4.27. The smallest absolute Gasteiger partial charge is 0.174 e. The zero-order valence-corrected chi connectivity index (χ0v) is 23.3. The van der Waals surface area contributed by atoms with Crippen molar-refractivity contribution in [3.8, 4) is 22.9 Å². The Morgan fingerprint density at radius 3 is 2.20 bits per heavy atom. The number of rotatable bonds is 7. The van der Waals surface area contributed by atoms with Crippen LogP contribution in [0.3, 0.4) is 0 Å². The third-order valence-corrected chi connectivity index (χ3v) is 7.52. The minimum Gasteiger partial charge on any atom is -0.497 e. The Bertz CT molecular complexity index is 1620. The Morgan fingerprint density at radius 2 is 1.55 bits per heavy atom. The van der Waals surface area contributed by atoms with Crippen molar-refractivity contribution >= 4 is 23.0 Å². The molecule has 5 aromatic rings. The van der Waals surface area contributed by atoms with Crippen LogP contribution in [-0.2, 0) is 0 Å². The molecule has 2 aromatic carbocycles. The number of methoxy groups -OCH3 is 1. The van der Waals surface area contributed by atoms with Crippen LogP contribution in [0.5, 0.6) is 17.2 Å². The summed E-state index contributed by atoms with van der Waals surface area (Å²) in [5.41, 5.74) is 6.35. The summed E-state index contributed by atoms with van der Waals surface area (Å²) in [4.78, 5) is 11.2. The van der Waals surface area contributed by atoms with Gasteiger partial charge >= 0.3 is 0 Å². The predicted molar refractivity (Wildman–Crippen MR) is 160 cm³/mol. The molecule has 0 radical (unpaired) electrons. The van der Waals surface area contributed by atoms with Gasteiger partial charge in [-0.25, -0.2) is 0 Å². The molecular formula is C32H29N5O2S. The van der Waals surface area contributed by atoms with Crippen molar-refractivity contribution in [3.05, 3.63) is 126 Å². The molecule has 7 nitrogen and oxygen atoms in total. The number of hydrogen-bond donors (Lipinski definition) is 1. The van der Waals surface area contributed by atoms with Crippen molar-refractivity contribution in [2.24, 2.45) is 0 Å². The molecule has 200 valence electrons. The summed E-state index contributed by atoms with van der Waals surface area (Å²) in [5.74, 6) is 2.26. The van der Waals surface area contributed by atoms with E-state index in [0.29, 0.717) is 5.11 Å². The van der Waals surface area contributed by atoms with E-state index in [2.05, 4.69) is 45.7 Å². The molecule has 0 aliphatic carbocycles. The molecule has 6 rings (SSSR count). The third-order valence-electron chi connectivity index (χ3n) is 7.20. The molecule has 1 fully saturated rings. The van der Waals surface area contributed by atoms with Crippen molar-refractivity contribution in [2.75, 3.05) is 12.0 Å². The van der Waals surface area contributed by atoms with Crippen molar-refractivity contribution in [1.29, 1.82) is 0 Å². The second kappa shape index (κ2) is 10.8. The van der Waals surface area contributed by atoms with Gasteiger partial charge in [-0.05, 0) is 110 Å². The molecule has 0 saturated carbocycles. The maximum Gasteiger partial charge on any atom is 0.174 e. The normalized spacial score (nSPS) is 16.6. The summed E-state index contributed by atoms with van der Waals surface area (Å²) in [5, 5.41) is 4.21. The minimum absolute atomic E-state index is 0.118. The summed E-state index contributed by atoms with van der Waals surface area (Å²) >= 11 is 5.94. The van der Waals surface area contributed by atoms with Gasteiger partial charge in [-0.15, -0.1) is 0 Å². The average molecular weight is 548 g/mol. The molecule has 1 aliphatic rings. The quantitative estimate of drug-likeness (QED) is 0.223. The maximum atomic E-state index is 6.07. The van der Waals surface area contributed by atoms with E-state index in [1.807, 2.05) is 85.2 Å². The minimum atomic E-state index is -0.133. The Labute approximate surface area is 239 Å². The first-order valence-electron chi connectivity index (χ1n) is 13.1. The van der Waals surface area contributed by atoms with Gasteiger partial charge in [-0.2, -0.15) is 0 Å². The van der Waals surface area contributed by atoms with Gasteiger partial charge < -0.3 is 24.3 Å². The van der Waals surface area contributed by atoms with Gasteiger partial charge in [0, 0.05) is 29.5 Å². The SMILES string of the molecule is COc1ccc(Oc2ccc(N3C(=S)N[C@H](c4ccccn4)[C@H]3c3cc(C)n(-c4cccnc4)c3C)cc2)cc1. The predicted octanol–water partition coefficient (Wildman–Crippen LogP) is 6.86. The van der Waals surface area contributed by atoms with E-state index in [1.165, 1.54) is 5.56 Å². The number of thiocarbonyl (C=S) groups is 1. The number of aryl methyl sites for hydroxylation is 1. The number of anilines is 1. The number of hydrogen-bond acceptors (Lipinski definition) is 5. The summed E-state index contributed by atoms with van der Waals surface area (Å²) in [6.07, 6.45) is 5.50. The van der Waals surface area contributed by atoms with Gasteiger partial charge in [0.1, 0.15) is 17.2 Å². The van der Waals surface area contributed by atoms with Gasteiger partial charge in [0.05, 0.1) is 36.8 Å². The second-order valence-corrected chi connectivity index (χ2v) is 10.0. The van der Waals surface area contributed by atoms with Crippen LogP contribution in [0, 0.1) is 13.8 Å². The van der Waals surface area contributed by atoms with E-state index in [9.17, 15) is 0 Å². The maximum absolute atomic E-state index is 6.07. The summed E-state index contributed by atoms with van der Waals surface area (Å²) in [6, 6.07) is 27.5. The number of aromatic nitrogens is 3. The largest absolute Gasteiger partial charge is 0.497 e. The highest BCUT2D eigenvalue weighted by atomic mass is 32.1. The van der Waals surface area contributed by atoms with Crippen LogP contribution in [0.1, 0.15) is 34.7 Å². The lowest BCUT2D eigenvalue weighted by Gasteiger charge is -2.28. The zero-order valence-electron chi connectivity index (χ0n) is 22.5. The van der Waals surface area contributed by atoms with Crippen LogP contribution >= 0.6 is 12.2 Å². The fraction of sp³-hybridized carbons (Fsp3) is 0.156. The van der Waals surface area contributed by atoms with Crippen LogP contribution in [-0.4, -0.2) is 26.8 Å². The number of benzene rings is 2.